The Bertz CT molecular complexity index is 245. The highest BCUT2D eigenvalue weighted by molar-refractivity contribution is 5.66. The molecule has 0 saturated carbocycles. The van der Waals surface area contributed by atoms with Gasteiger partial charge in [-0.1, -0.05) is 0 Å². The van der Waals surface area contributed by atoms with Gasteiger partial charge in [-0.25, -0.2) is 4.79 Å². The van der Waals surface area contributed by atoms with Crippen molar-refractivity contribution in [1.29, 1.82) is 5.26 Å². The molecule has 0 radical (unpaired) electrons. The van der Waals surface area contributed by atoms with E-state index in [4.69, 9.17) is 10.4 Å². The molecule has 1 saturated heterocycles. The summed E-state index contributed by atoms with van der Waals surface area (Å²) in [6, 6.07) is 1.64. The summed E-state index contributed by atoms with van der Waals surface area (Å²) in [7, 11) is 0. The van der Waals surface area contributed by atoms with Crippen LogP contribution >= 0.6 is 0 Å². The topological polar surface area (TPSA) is 82.8 Å². The minimum atomic E-state index is -1.11. The average Bonchev–Trinajstić information content (AvgIpc) is 2.31. The zero-order chi connectivity index (χ0) is 11.1. The zero-order valence-electron chi connectivity index (χ0n) is 8.39. The number of piperidine rings is 1. The van der Waals surface area contributed by atoms with Crippen LogP contribution in [0.1, 0.15) is 19.3 Å². The van der Waals surface area contributed by atoms with Crippen LogP contribution in [0.3, 0.4) is 0 Å². The normalized spacial score (nSPS) is 18.0. The summed E-state index contributed by atoms with van der Waals surface area (Å²) >= 11 is 0. The number of rotatable bonds is 3. The van der Waals surface area contributed by atoms with E-state index in [1.54, 1.807) is 6.07 Å². The van der Waals surface area contributed by atoms with Gasteiger partial charge in [0, 0.05) is 13.1 Å². The van der Waals surface area contributed by atoms with Gasteiger partial charge in [0.2, 0.25) is 6.10 Å². The summed E-state index contributed by atoms with van der Waals surface area (Å²) in [4.78, 5) is 21.7. The lowest BCUT2D eigenvalue weighted by Crippen LogP contribution is -2.36. The van der Waals surface area contributed by atoms with E-state index in [1.807, 2.05) is 0 Å². The molecule has 1 atom stereocenters. The van der Waals surface area contributed by atoms with Crippen molar-refractivity contribution in [3.63, 3.8) is 0 Å². The number of aliphatic hydroxyl groups is 1. The molecule has 84 valence electrons. The van der Waals surface area contributed by atoms with E-state index in [9.17, 15) is 4.79 Å². The number of nitriles is 1. The molecule has 6 heteroatoms. The van der Waals surface area contributed by atoms with E-state index in [1.165, 1.54) is 4.90 Å². The Labute approximate surface area is 87.9 Å². The molecule has 1 heterocycles. The molecule has 1 unspecified atom stereocenters. The van der Waals surface area contributed by atoms with Crippen LogP contribution in [0.2, 0.25) is 0 Å². The summed E-state index contributed by atoms with van der Waals surface area (Å²) in [6.45, 7) is 0.806. The van der Waals surface area contributed by atoms with Crippen molar-refractivity contribution in [2.75, 3.05) is 19.7 Å². The van der Waals surface area contributed by atoms with Crippen molar-refractivity contribution >= 4 is 6.09 Å². The van der Waals surface area contributed by atoms with E-state index in [0.29, 0.717) is 13.1 Å². The van der Waals surface area contributed by atoms with Crippen molar-refractivity contribution in [3.8, 4) is 6.07 Å². The molecular formula is C9H14N2O4. The van der Waals surface area contributed by atoms with E-state index in [0.717, 1.165) is 19.3 Å². The van der Waals surface area contributed by atoms with Gasteiger partial charge in [0.15, 0.2) is 0 Å². The van der Waals surface area contributed by atoms with Crippen LogP contribution in [0.15, 0.2) is 0 Å². The molecule has 1 amide bonds. The number of hydrogen-bond donors (Lipinski definition) is 1. The van der Waals surface area contributed by atoms with E-state index < -0.39 is 18.8 Å². The second-order valence-corrected chi connectivity index (χ2v) is 3.29. The molecule has 0 aliphatic carbocycles. The summed E-state index contributed by atoms with van der Waals surface area (Å²) < 4.78 is 0. The first-order valence-electron chi connectivity index (χ1n) is 4.90. The molecular weight excluding hydrogens is 200 g/mol. The maximum atomic E-state index is 11.3. The van der Waals surface area contributed by atoms with Gasteiger partial charge in [-0.3, -0.25) is 4.89 Å². The van der Waals surface area contributed by atoms with Crippen LogP contribution in [0.25, 0.3) is 0 Å². The van der Waals surface area contributed by atoms with Crippen molar-refractivity contribution in [2.24, 2.45) is 0 Å². The van der Waals surface area contributed by atoms with Gasteiger partial charge in [-0.2, -0.15) is 10.1 Å². The van der Waals surface area contributed by atoms with Crippen molar-refractivity contribution in [1.82, 2.24) is 4.90 Å². The molecule has 1 fully saturated rings. The molecule has 0 bridgehead atoms. The van der Waals surface area contributed by atoms with Crippen molar-refractivity contribution < 1.29 is 19.7 Å². The number of hydrogen-bond acceptors (Lipinski definition) is 5. The Morgan fingerprint density at radius 3 is 2.67 bits per heavy atom. The van der Waals surface area contributed by atoms with Gasteiger partial charge in [0.25, 0.3) is 0 Å². The second kappa shape index (κ2) is 6.22. The number of nitrogens with zero attached hydrogens (tertiary/aromatic N) is 2. The molecule has 15 heavy (non-hydrogen) atoms. The first-order chi connectivity index (χ1) is 7.27. The Kier molecular flexibility index (Phi) is 4.87. The SMILES string of the molecule is N#CC(CO)OOC(=O)N1CCCCC1. The van der Waals surface area contributed by atoms with E-state index in [2.05, 4.69) is 9.78 Å². The molecule has 0 aromatic rings. The van der Waals surface area contributed by atoms with Crippen LogP contribution in [-0.2, 0) is 9.78 Å². The molecule has 1 aliphatic rings. The Morgan fingerprint density at radius 2 is 2.13 bits per heavy atom. The lowest BCUT2D eigenvalue weighted by atomic mass is 10.1. The van der Waals surface area contributed by atoms with Gasteiger partial charge >= 0.3 is 6.09 Å². The Morgan fingerprint density at radius 1 is 1.47 bits per heavy atom. The highest BCUT2D eigenvalue weighted by Gasteiger charge is 2.20. The fraction of sp³-hybridized carbons (Fsp3) is 0.778. The molecule has 1 N–H and O–H groups in total. The highest BCUT2D eigenvalue weighted by atomic mass is 17.2. The fourth-order valence-electron chi connectivity index (χ4n) is 1.32. The van der Waals surface area contributed by atoms with Crippen LogP contribution in [0.5, 0.6) is 0 Å². The van der Waals surface area contributed by atoms with Crippen molar-refractivity contribution in [2.45, 2.75) is 25.4 Å². The summed E-state index contributed by atoms with van der Waals surface area (Å²) in [6.07, 6.45) is 1.32. The van der Waals surface area contributed by atoms with Gasteiger partial charge in [0.05, 0.1) is 6.61 Å². The minimum absolute atomic E-state index is 0.496. The maximum Gasteiger partial charge on any atom is 0.441 e. The molecule has 1 aliphatic heterocycles. The van der Waals surface area contributed by atoms with E-state index >= 15 is 0 Å². The Balaban J connectivity index is 2.25. The van der Waals surface area contributed by atoms with E-state index in [-0.39, 0.29) is 0 Å². The molecule has 0 spiro atoms. The number of carbonyl (C=O) groups excluding carboxylic acids is 1. The van der Waals surface area contributed by atoms with Gasteiger partial charge in [-0.05, 0) is 19.3 Å². The number of likely N-dealkylation sites (tertiary alicyclic amines) is 1. The average molecular weight is 214 g/mol. The second-order valence-electron chi connectivity index (χ2n) is 3.29. The zero-order valence-corrected chi connectivity index (χ0v) is 8.39. The van der Waals surface area contributed by atoms with Crippen LogP contribution in [0.4, 0.5) is 4.79 Å². The maximum absolute atomic E-state index is 11.3. The largest absolute Gasteiger partial charge is 0.441 e. The van der Waals surface area contributed by atoms with Gasteiger partial charge < -0.3 is 10.0 Å². The third-order valence-corrected chi connectivity index (χ3v) is 2.16. The molecule has 0 aromatic carbocycles. The third-order valence-electron chi connectivity index (χ3n) is 2.16. The minimum Gasteiger partial charge on any atom is -0.392 e. The lowest BCUT2D eigenvalue weighted by molar-refractivity contribution is -0.270. The first kappa shape index (κ1) is 11.8. The van der Waals surface area contributed by atoms with Crippen LogP contribution in [0, 0.1) is 11.3 Å². The summed E-state index contributed by atoms with van der Waals surface area (Å²) in [5.41, 5.74) is 0. The van der Waals surface area contributed by atoms with Crippen molar-refractivity contribution in [3.05, 3.63) is 0 Å². The number of aliphatic hydroxyl groups excluding tert-OH is 1. The third kappa shape index (κ3) is 3.73. The molecule has 6 nitrogen and oxygen atoms in total. The van der Waals surface area contributed by atoms with Gasteiger partial charge in [0.1, 0.15) is 6.07 Å². The Hall–Kier alpha value is -1.32. The predicted molar refractivity (Wildman–Crippen MR) is 49.5 cm³/mol. The number of carbonyl (C=O) groups is 1. The smallest absolute Gasteiger partial charge is 0.392 e. The quantitative estimate of drug-likeness (QED) is 0.544. The first-order valence-corrected chi connectivity index (χ1v) is 4.90. The lowest BCUT2D eigenvalue weighted by Gasteiger charge is -2.25. The van der Waals surface area contributed by atoms with Crippen LogP contribution in [-0.4, -0.2) is 41.9 Å². The standard InChI is InChI=1S/C9H14N2O4/c10-6-8(7-12)14-15-9(13)11-4-2-1-3-5-11/h8,12H,1-5,7H2. The predicted octanol–water partition coefficient (Wildman–Crippen LogP) is 0.425. The fourth-order valence-corrected chi connectivity index (χ4v) is 1.32. The van der Waals surface area contributed by atoms with Crippen LogP contribution < -0.4 is 0 Å². The highest BCUT2D eigenvalue weighted by Crippen LogP contribution is 2.10. The molecule has 0 aromatic heterocycles. The monoisotopic (exact) mass is 214 g/mol. The number of amides is 1. The summed E-state index contributed by atoms with van der Waals surface area (Å²) in [5, 5.41) is 17.0. The summed E-state index contributed by atoms with van der Waals surface area (Å²) in [5.74, 6) is 0. The van der Waals surface area contributed by atoms with Gasteiger partial charge in [-0.15, -0.1) is 0 Å². The molecule has 1 rings (SSSR count).